The quantitative estimate of drug-likeness (QED) is 0.534. The minimum atomic E-state index is -0.168. The molecule has 124 valence electrons. The van der Waals surface area contributed by atoms with Crippen LogP contribution in [-0.4, -0.2) is 30.3 Å². The van der Waals surface area contributed by atoms with E-state index in [0.717, 1.165) is 22.2 Å². The highest BCUT2D eigenvalue weighted by molar-refractivity contribution is 5.95. The second kappa shape index (κ2) is 5.94. The zero-order valence-corrected chi connectivity index (χ0v) is 13.8. The Labute approximate surface area is 143 Å². The van der Waals surface area contributed by atoms with Gasteiger partial charge in [0.1, 0.15) is 17.8 Å². The summed E-state index contributed by atoms with van der Waals surface area (Å²) < 4.78 is 7.02. The molecule has 0 atom stereocenters. The van der Waals surface area contributed by atoms with E-state index in [1.165, 1.54) is 6.26 Å². The lowest BCUT2D eigenvalue weighted by molar-refractivity contribution is 0.0986. The van der Waals surface area contributed by atoms with Crippen LogP contribution in [0.2, 0.25) is 0 Å². The molecule has 0 amide bonds. The molecule has 4 aromatic rings. The van der Waals surface area contributed by atoms with Crippen molar-refractivity contribution in [3.8, 4) is 11.3 Å². The number of nitrogens with zero attached hydrogens (tertiary/aromatic N) is 5. The Morgan fingerprint density at radius 3 is 2.84 bits per heavy atom. The first-order valence-corrected chi connectivity index (χ1v) is 7.78. The van der Waals surface area contributed by atoms with E-state index in [-0.39, 0.29) is 12.2 Å². The zero-order chi connectivity index (χ0) is 17.4. The molecule has 0 aliphatic rings. The number of aromatic nitrogens is 5. The molecular weight excluding hydrogens is 318 g/mol. The van der Waals surface area contributed by atoms with Crippen LogP contribution in [0.5, 0.6) is 0 Å². The van der Waals surface area contributed by atoms with Crippen LogP contribution in [0.15, 0.2) is 47.6 Å². The van der Waals surface area contributed by atoms with Gasteiger partial charge in [-0.2, -0.15) is 0 Å². The topological polar surface area (TPSA) is 86.7 Å². The van der Waals surface area contributed by atoms with Crippen molar-refractivity contribution >= 4 is 16.7 Å². The lowest BCUT2D eigenvalue weighted by Gasteiger charge is -2.05. The number of rotatable bonds is 4. The highest BCUT2D eigenvalue weighted by Gasteiger charge is 2.14. The van der Waals surface area contributed by atoms with Crippen LogP contribution in [0.3, 0.4) is 0 Å². The standard InChI is InChI=1S/C18H15N5O2/c1-11-21-15(9-25-11)17(24)6-18-20-7-13-4-3-12(5-14(13)22-18)16-8-19-10-23(16)2/h3-5,7-10H,6H2,1-2H3. The predicted octanol–water partition coefficient (Wildman–Crippen LogP) is 2.75. The molecule has 0 saturated carbocycles. The van der Waals surface area contributed by atoms with Crippen LogP contribution in [0.4, 0.5) is 0 Å². The summed E-state index contributed by atoms with van der Waals surface area (Å²) in [4.78, 5) is 29.2. The number of fused-ring (bicyclic) bond motifs is 1. The Balaban J connectivity index is 1.67. The van der Waals surface area contributed by atoms with E-state index in [9.17, 15) is 4.79 Å². The summed E-state index contributed by atoms with van der Waals surface area (Å²) >= 11 is 0. The third-order valence-corrected chi connectivity index (χ3v) is 3.97. The number of hydrogen-bond donors (Lipinski definition) is 0. The van der Waals surface area contributed by atoms with Crippen LogP contribution < -0.4 is 0 Å². The Kier molecular flexibility index (Phi) is 3.61. The van der Waals surface area contributed by atoms with Crippen molar-refractivity contribution < 1.29 is 9.21 Å². The monoisotopic (exact) mass is 333 g/mol. The minimum Gasteiger partial charge on any atom is -0.449 e. The van der Waals surface area contributed by atoms with E-state index in [1.807, 2.05) is 29.8 Å². The van der Waals surface area contributed by atoms with Gasteiger partial charge in [0, 0.05) is 31.1 Å². The first-order chi connectivity index (χ1) is 12.1. The van der Waals surface area contributed by atoms with E-state index in [0.29, 0.717) is 17.4 Å². The number of Topliss-reactive ketones (excluding diaryl/α,β-unsaturated/α-hetero) is 1. The highest BCUT2D eigenvalue weighted by atomic mass is 16.3. The molecule has 0 radical (unpaired) electrons. The van der Waals surface area contributed by atoms with Gasteiger partial charge in [0.25, 0.3) is 0 Å². The fraction of sp³-hybridized carbons (Fsp3) is 0.167. The second-order valence-corrected chi connectivity index (χ2v) is 5.80. The van der Waals surface area contributed by atoms with Crippen LogP contribution in [0.1, 0.15) is 22.2 Å². The van der Waals surface area contributed by atoms with Gasteiger partial charge in [-0.25, -0.2) is 19.9 Å². The van der Waals surface area contributed by atoms with Crippen LogP contribution in [-0.2, 0) is 13.5 Å². The van der Waals surface area contributed by atoms with Crippen molar-refractivity contribution in [3.05, 3.63) is 60.6 Å². The normalized spacial score (nSPS) is 11.1. The Morgan fingerprint density at radius 2 is 2.12 bits per heavy atom. The molecule has 0 N–H and O–H groups in total. The SMILES string of the molecule is Cc1nc(C(=O)Cc2ncc3ccc(-c4cncn4C)cc3n2)co1. The molecule has 0 bridgehead atoms. The highest BCUT2D eigenvalue weighted by Crippen LogP contribution is 2.22. The maximum Gasteiger partial charge on any atom is 0.192 e. The van der Waals surface area contributed by atoms with Crippen molar-refractivity contribution in [1.29, 1.82) is 0 Å². The van der Waals surface area contributed by atoms with E-state index < -0.39 is 0 Å². The van der Waals surface area contributed by atoms with Gasteiger partial charge in [-0.1, -0.05) is 12.1 Å². The molecule has 0 fully saturated rings. The maximum absolute atomic E-state index is 12.2. The molecule has 0 saturated heterocycles. The molecule has 3 heterocycles. The minimum absolute atomic E-state index is 0.0812. The van der Waals surface area contributed by atoms with Crippen molar-refractivity contribution in [3.63, 3.8) is 0 Å². The molecule has 0 spiro atoms. The fourth-order valence-corrected chi connectivity index (χ4v) is 2.67. The Hall–Kier alpha value is -3.35. The number of benzene rings is 1. The van der Waals surface area contributed by atoms with E-state index in [2.05, 4.69) is 19.9 Å². The average molecular weight is 333 g/mol. The van der Waals surface area contributed by atoms with Gasteiger partial charge in [0.15, 0.2) is 11.7 Å². The summed E-state index contributed by atoms with van der Waals surface area (Å²) in [7, 11) is 1.94. The van der Waals surface area contributed by atoms with Crippen molar-refractivity contribution in [2.24, 2.45) is 7.05 Å². The molecule has 0 aliphatic carbocycles. The van der Waals surface area contributed by atoms with E-state index >= 15 is 0 Å². The van der Waals surface area contributed by atoms with Gasteiger partial charge in [0.2, 0.25) is 0 Å². The lowest BCUT2D eigenvalue weighted by atomic mass is 10.1. The Bertz CT molecular complexity index is 1080. The molecule has 7 heteroatoms. The zero-order valence-electron chi connectivity index (χ0n) is 13.8. The Morgan fingerprint density at radius 1 is 1.24 bits per heavy atom. The number of carbonyl (C=O) groups excluding carboxylic acids is 1. The number of imidazole rings is 1. The smallest absolute Gasteiger partial charge is 0.192 e. The fourth-order valence-electron chi connectivity index (χ4n) is 2.67. The molecule has 1 aromatic carbocycles. The summed E-state index contributed by atoms with van der Waals surface area (Å²) in [5, 5.41) is 0.916. The molecule has 7 nitrogen and oxygen atoms in total. The summed E-state index contributed by atoms with van der Waals surface area (Å²) in [6, 6.07) is 5.94. The van der Waals surface area contributed by atoms with Gasteiger partial charge in [-0.05, 0) is 6.07 Å². The molecule has 0 aliphatic heterocycles. The van der Waals surface area contributed by atoms with Crippen LogP contribution in [0, 0.1) is 6.92 Å². The van der Waals surface area contributed by atoms with Gasteiger partial charge in [0.05, 0.1) is 30.2 Å². The first kappa shape index (κ1) is 15.2. The lowest BCUT2D eigenvalue weighted by Crippen LogP contribution is -2.07. The number of carbonyl (C=O) groups is 1. The van der Waals surface area contributed by atoms with Crippen molar-refractivity contribution in [1.82, 2.24) is 24.5 Å². The van der Waals surface area contributed by atoms with Crippen LogP contribution >= 0.6 is 0 Å². The largest absolute Gasteiger partial charge is 0.449 e. The molecule has 4 rings (SSSR count). The number of aryl methyl sites for hydroxylation is 2. The van der Waals surface area contributed by atoms with Gasteiger partial charge < -0.3 is 8.98 Å². The number of ketones is 1. The van der Waals surface area contributed by atoms with Gasteiger partial charge in [-0.15, -0.1) is 0 Å². The molecule has 0 unspecified atom stereocenters. The summed E-state index contributed by atoms with van der Waals surface area (Å²) in [6.45, 7) is 1.70. The van der Waals surface area contributed by atoms with Crippen molar-refractivity contribution in [2.45, 2.75) is 13.3 Å². The predicted molar refractivity (Wildman–Crippen MR) is 91.0 cm³/mol. The third kappa shape index (κ3) is 2.91. The average Bonchev–Trinajstić information content (AvgIpc) is 3.22. The first-order valence-electron chi connectivity index (χ1n) is 7.78. The summed E-state index contributed by atoms with van der Waals surface area (Å²) in [5.41, 5.74) is 3.09. The van der Waals surface area contributed by atoms with E-state index in [1.54, 1.807) is 25.6 Å². The maximum atomic E-state index is 12.2. The third-order valence-electron chi connectivity index (χ3n) is 3.97. The molecule has 25 heavy (non-hydrogen) atoms. The van der Waals surface area contributed by atoms with Crippen molar-refractivity contribution in [2.75, 3.05) is 0 Å². The summed E-state index contributed by atoms with van der Waals surface area (Å²) in [6.07, 6.45) is 6.73. The second-order valence-electron chi connectivity index (χ2n) is 5.80. The summed E-state index contributed by atoms with van der Waals surface area (Å²) in [5.74, 6) is 0.753. The number of oxazole rings is 1. The molecular formula is C18H15N5O2. The van der Waals surface area contributed by atoms with E-state index in [4.69, 9.17) is 4.42 Å². The van der Waals surface area contributed by atoms with Crippen LogP contribution in [0.25, 0.3) is 22.2 Å². The van der Waals surface area contributed by atoms with Gasteiger partial charge in [-0.3, -0.25) is 4.79 Å². The molecule has 3 aromatic heterocycles. The number of hydrogen-bond acceptors (Lipinski definition) is 6. The van der Waals surface area contributed by atoms with Gasteiger partial charge >= 0.3 is 0 Å².